The third-order valence-corrected chi connectivity index (χ3v) is 5.91. The van der Waals surface area contributed by atoms with Gasteiger partial charge in [0.2, 0.25) is 16.0 Å². The summed E-state index contributed by atoms with van der Waals surface area (Å²) in [6, 6.07) is 7.89. The number of benzene rings is 1. The molecule has 14 nitrogen and oxygen atoms in total. The highest BCUT2D eigenvalue weighted by Gasteiger charge is 2.25. The van der Waals surface area contributed by atoms with Crippen LogP contribution >= 0.6 is 11.3 Å². The lowest BCUT2D eigenvalue weighted by Crippen LogP contribution is -2.25. The smallest absolute Gasteiger partial charge is 0.379 e. The topological polar surface area (TPSA) is 186 Å². The number of anilines is 2. The molecule has 4 rings (SSSR count). The summed E-state index contributed by atoms with van der Waals surface area (Å²) in [5.74, 6) is -0.362. The van der Waals surface area contributed by atoms with E-state index in [1.165, 1.54) is 38.3 Å². The number of hydrogen-bond acceptors (Lipinski definition) is 13. The minimum atomic E-state index is -1.02. The van der Waals surface area contributed by atoms with Crippen LogP contribution < -0.4 is 30.9 Å². The number of rotatable bonds is 11. The summed E-state index contributed by atoms with van der Waals surface area (Å²) in [5.41, 5.74) is 5.35. The van der Waals surface area contributed by atoms with Crippen LogP contribution in [0.3, 0.4) is 0 Å². The van der Waals surface area contributed by atoms with Crippen LogP contribution in [0.5, 0.6) is 17.2 Å². The van der Waals surface area contributed by atoms with E-state index in [1.807, 2.05) is 0 Å². The SMILES string of the molecule is COC[C@H](O)COc1c(-c2c(OC)cccc2OC)cc(C(=O)Nc2nnc(-n3nccc3N)s2)oc1=O. The van der Waals surface area contributed by atoms with Gasteiger partial charge in [-0.1, -0.05) is 17.4 Å². The number of carbonyl (C=O) groups excluding carboxylic acids is 1. The second kappa shape index (κ2) is 11.7. The second-order valence-corrected chi connectivity index (χ2v) is 8.57. The van der Waals surface area contributed by atoms with Crippen LogP contribution in [0.15, 0.2) is 45.7 Å². The largest absolute Gasteiger partial charge is 0.496 e. The highest BCUT2D eigenvalue weighted by Crippen LogP contribution is 2.42. The lowest BCUT2D eigenvalue weighted by Gasteiger charge is -2.17. The predicted octanol–water partition coefficient (Wildman–Crippen LogP) is 1.58. The molecule has 3 aromatic heterocycles. The molecule has 1 atom stereocenters. The van der Waals surface area contributed by atoms with Gasteiger partial charge < -0.3 is 34.2 Å². The minimum absolute atomic E-state index is 0.0207. The van der Waals surface area contributed by atoms with Crippen molar-refractivity contribution in [1.82, 2.24) is 20.0 Å². The molecule has 0 saturated carbocycles. The van der Waals surface area contributed by atoms with Crippen LogP contribution in [0.1, 0.15) is 10.6 Å². The van der Waals surface area contributed by atoms with Gasteiger partial charge in [0.05, 0.1) is 32.6 Å². The van der Waals surface area contributed by atoms with Gasteiger partial charge in [0, 0.05) is 18.7 Å². The fraction of sp³-hybridized carbons (Fsp3) is 0.261. The molecule has 1 aromatic carbocycles. The van der Waals surface area contributed by atoms with Crippen molar-refractivity contribution in [2.75, 3.05) is 45.6 Å². The standard InChI is InChI=1S/C23H24N6O8S/c1-33-10-12(30)11-36-19-13(18-14(34-2)5-4-6-15(18)35-3)9-16(37-21(19)32)20(31)26-22-27-28-23(38-22)29-17(24)7-8-25-29/h4-9,12,30H,10-11,24H2,1-3H3,(H,26,27,31)/t12-/m0/s1. The molecule has 4 aromatic rings. The van der Waals surface area contributed by atoms with Crippen molar-refractivity contribution in [3.05, 3.63) is 52.7 Å². The molecule has 200 valence electrons. The number of aliphatic hydroxyl groups excluding tert-OH is 1. The molecule has 0 aliphatic rings. The molecule has 1 amide bonds. The normalized spacial score (nSPS) is 11.7. The molecule has 0 unspecified atom stereocenters. The maximum absolute atomic E-state index is 13.1. The molecular weight excluding hydrogens is 520 g/mol. The third-order valence-electron chi connectivity index (χ3n) is 5.10. The van der Waals surface area contributed by atoms with Crippen LogP contribution in [0, 0.1) is 0 Å². The number of methoxy groups -OCH3 is 3. The minimum Gasteiger partial charge on any atom is -0.496 e. The van der Waals surface area contributed by atoms with Gasteiger partial charge in [0.1, 0.15) is 30.0 Å². The van der Waals surface area contributed by atoms with E-state index in [0.29, 0.717) is 28.0 Å². The van der Waals surface area contributed by atoms with Gasteiger partial charge in [-0.25, -0.2) is 4.79 Å². The molecule has 0 spiro atoms. The summed E-state index contributed by atoms with van der Waals surface area (Å²) >= 11 is 1.01. The Balaban J connectivity index is 1.73. The summed E-state index contributed by atoms with van der Waals surface area (Å²) in [6.07, 6.45) is 0.472. The lowest BCUT2D eigenvalue weighted by atomic mass is 10.0. The Morgan fingerprint density at radius 2 is 1.92 bits per heavy atom. The molecule has 4 N–H and O–H groups in total. The molecule has 3 heterocycles. The number of nitrogens with zero attached hydrogens (tertiary/aromatic N) is 4. The van der Waals surface area contributed by atoms with E-state index in [4.69, 9.17) is 29.1 Å². The average Bonchev–Trinajstić information content (AvgIpc) is 3.55. The van der Waals surface area contributed by atoms with Gasteiger partial charge in [0.15, 0.2) is 5.76 Å². The highest BCUT2D eigenvalue weighted by atomic mass is 32.1. The predicted molar refractivity (Wildman–Crippen MR) is 136 cm³/mol. The van der Waals surface area contributed by atoms with Gasteiger partial charge >= 0.3 is 5.63 Å². The number of nitrogens with two attached hydrogens (primary N) is 1. The van der Waals surface area contributed by atoms with Gasteiger partial charge in [-0.3, -0.25) is 10.1 Å². The van der Waals surface area contributed by atoms with E-state index in [-0.39, 0.29) is 35.4 Å². The van der Waals surface area contributed by atoms with Crippen molar-refractivity contribution in [1.29, 1.82) is 0 Å². The Hall–Kier alpha value is -4.47. The first-order valence-corrected chi connectivity index (χ1v) is 11.8. The lowest BCUT2D eigenvalue weighted by molar-refractivity contribution is 0.0317. The number of amides is 1. The van der Waals surface area contributed by atoms with Gasteiger partial charge in [0.25, 0.3) is 5.91 Å². The van der Waals surface area contributed by atoms with Crippen LogP contribution in [0.4, 0.5) is 10.9 Å². The number of aliphatic hydroxyl groups is 1. The van der Waals surface area contributed by atoms with Crippen molar-refractivity contribution >= 4 is 28.2 Å². The van der Waals surface area contributed by atoms with Crippen LogP contribution in [-0.2, 0) is 4.74 Å². The Morgan fingerprint density at radius 1 is 1.18 bits per heavy atom. The summed E-state index contributed by atoms with van der Waals surface area (Å²) in [5, 5.41) is 24.9. The van der Waals surface area contributed by atoms with E-state index in [0.717, 1.165) is 11.3 Å². The average molecular weight is 545 g/mol. The van der Waals surface area contributed by atoms with Crippen molar-refractivity contribution < 1.29 is 33.3 Å². The van der Waals surface area contributed by atoms with Crippen LogP contribution in [-0.4, -0.2) is 71.6 Å². The molecule has 38 heavy (non-hydrogen) atoms. The number of carbonyl (C=O) groups is 1. The first-order chi connectivity index (χ1) is 18.4. The Labute approximate surface area is 219 Å². The zero-order valence-electron chi connectivity index (χ0n) is 20.5. The Morgan fingerprint density at radius 3 is 2.55 bits per heavy atom. The first kappa shape index (κ1) is 26.6. The molecule has 0 fully saturated rings. The zero-order chi connectivity index (χ0) is 27.2. The van der Waals surface area contributed by atoms with E-state index in [9.17, 15) is 14.7 Å². The highest BCUT2D eigenvalue weighted by molar-refractivity contribution is 7.17. The third kappa shape index (κ3) is 5.59. The number of ether oxygens (including phenoxy) is 4. The maximum atomic E-state index is 13.1. The van der Waals surface area contributed by atoms with E-state index in [2.05, 4.69) is 20.6 Å². The summed E-state index contributed by atoms with van der Waals surface area (Å²) < 4.78 is 28.1. The Bertz CT molecular complexity index is 1460. The summed E-state index contributed by atoms with van der Waals surface area (Å²) in [4.78, 5) is 26.1. The summed E-state index contributed by atoms with van der Waals surface area (Å²) in [6.45, 7) is -0.300. The number of hydrogen-bond donors (Lipinski definition) is 3. The van der Waals surface area contributed by atoms with Gasteiger partial charge in [-0.05, 0) is 18.2 Å². The van der Waals surface area contributed by atoms with Gasteiger partial charge in [-0.2, -0.15) is 9.78 Å². The first-order valence-electron chi connectivity index (χ1n) is 11.0. The summed E-state index contributed by atoms with van der Waals surface area (Å²) in [7, 11) is 4.31. The molecule has 0 aliphatic carbocycles. The fourth-order valence-electron chi connectivity index (χ4n) is 3.44. The van der Waals surface area contributed by atoms with Crippen molar-refractivity contribution in [3.63, 3.8) is 0 Å². The number of nitrogens with one attached hydrogen (secondary N) is 1. The van der Waals surface area contributed by atoms with Crippen LogP contribution in [0.2, 0.25) is 0 Å². The monoisotopic (exact) mass is 544 g/mol. The quantitative estimate of drug-likeness (QED) is 0.248. The van der Waals surface area contributed by atoms with E-state index in [1.54, 1.807) is 24.3 Å². The second-order valence-electron chi connectivity index (χ2n) is 7.61. The molecule has 0 saturated heterocycles. The molecule has 15 heteroatoms. The maximum Gasteiger partial charge on any atom is 0.379 e. The zero-order valence-corrected chi connectivity index (χ0v) is 21.4. The van der Waals surface area contributed by atoms with Crippen LogP contribution in [0.25, 0.3) is 16.3 Å². The molecular formula is C23H24N6O8S. The van der Waals surface area contributed by atoms with Gasteiger partial charge in [-0.15, -0.1) is 10.2 Å². The van der Waals surface area contributed by atoms with Crippen molar-refractivity contribution in [3.8, 4) is 33.5 Å². The molecule has 0 bridgehead atoms. The number of aromatic nitrogens is 4. The van der Waals surface area contributed by atoms with Crippen molar-refractivity contribution in [2.45, 2.75) is 6.10 Å². The molecule has 0 aliphatic heterocycles. The number of nitrogen functional groups attached to an aromatic ring is 1. The van der Waals surface area contributed by atoms with Crippen molar-refractivity contribution in [2.24, 2.45) is 0 Å². The van der Waals surface area contributed by atoms with E-state index < -0.39 is 17.6 Å². The Kier molecular flexibility index (Phi) is 8.20. The van der Waals surface area contributed by atoms with E-state index >= 15 is 0 Å². The molecule has 0 radical (unpaired) electrons. The fourth-order valence-corrected chi connectivity index (χ4v) is 4.16.